The number of hydroxylamine groups is 1. The molecule has 3 heterocycles. The number of hydrogen-bond acceptors (Lipinski definition) is 8. The van der Waals surface area contributed by atoms with Crippen molar-refractivity contribution >= 4 is 38.7 Å². The molecule has 1 saturated heterocycles. The SMILES string of the molecule is O=C(C[C@]1(c2ccc(-c3cccc(NC(=O)CNCc4cccnc4)c3)s2)CCCCS1(=O)=O)NO. The topological polar surface area (TPSA) is 137 Å². The molecule has 0 radical (unpaired) electrons. The van der Waals surface area contributed by atoms with Crippen molar-refractivity contribution in [2.24, 2.45) is 0 Å². The first kappa shape index (κ1) is 26.0. The van der Waals surface area contributed by atoms with Crippen LogP contribution in [0, 0.1) is 0 Å². The number of pyridine rings is 1. The first-order valence-electron chi connectivity index (χ1n) is 11.6. The molecule has 2 aromatic heterocycles. The molecule has 1 aliphatic heterocycles. The predicted octanol–water partition coefficient (Wildman–Crippen LogP) is 3.23. The second kappa shape index (κ2) is 11.3. The Bertz CT molecular complexity index is 1330. The number of hydrogen-bond donors (Lipinski definition) is 4. The lowest BCUT2D eigenvalue weighted by Gasteiger charge is -2.35. The summed E-state index contributed by atoms with van der Waals surface area (Å²) in [5.41, 5.74) is 4.01. The Hall–Kier alpha value is -3.12. The third-order valence-electron chi connectivity index (χ3n) is 6.23. The molecular weight excluding hydrogens is 500 g/mol. The summed E-state index contributed by atoms with van der Waals surface area (Å²) < 4.78 is 24.9. The van der Waals surface area contributed by atoms with Gasteiger partial charge in [-0.1, -0.05) is 24.6 Å². The van der Waals surface area contributed by atoms with E-state index >= 15 is 0 Å². The summed E-state index contributed by atoms with van der Waals surface area (Å²) in [5.74, 6) is -0.905. The van der Waals surface area contributed by atoms with Gasteiger partial charge in [0.25, 0.3) is 0 Å². The van der Waals surface area contributed by atoms with Crippen LogP contribution < -0.4 is 16.1 Å². The molecule has 1 atom stereocenters. The van der Waals surface area contributed by atoms with Crippen molar-refractivity contribution in [2.75, 3.05) is 17.6 Å². The van der Waals surface area contributed by atoms with Gasteiger partial charge in [0, 0.05) is 34.4 Å². The van der Waals surface area contributed by atoms with E-state index in [9.17, 15) is 18.0 Å². The van der Waals surface area contributed by atoms with Gasteiger partial charge in [0.2, 0.25) is 11.8 Å². The third-order valence-corrected chi connectivity index (χ3v) is 10.3. The number of carbonyl (C=O) groups is 2. The molecule has 1 aromatic carbocycles. The molecule has 0 aliphatic carbocycles. The Morgan fingerprint density at radius 1 is 1.08 bits per heavy atom. The molecule has 0 bridgehead atoms. The quantitative estimate of drug-likeness (QED) is 0.247. The Morgan fingerprint density at radius 3 is 2.69 bits per heavy atom. The minimum Gasteiger partial charge on any atom is -0.325 e. The van der Waals surface area contributed by atoms with Gasteiger partial charge in [-0.05, 0) is 54.3 Å². The van der Waals surface area contributed by atoms with E-state index in [0.717, 1.165) is 16.0 Å². The molecule has 0 spiro atoms. The first-order valence-corrected chi connectivity index (χ1v) is 14.1. The summed E-state index contributed by atoms with van der Waals surface area (Å²) in [7, 11) is -3.59. The van der Waals surface area contributed by atoms with E-state index in [1.807, 2.05) is 36.4 Å². The Balaban J connectivity index is 1.48. The minimum absolute atomic E-state index is 0.00920. The zero-order chi connectivity index (χ0) is 25.6. The van der Waals surface area contributed by atoms with Gasteiger partial charge in [0.1, 0.15) is 4.75 Å². The molecule has 11 heteroatoms. The maximum atomic E-state index is 13.1. The standard InChI is InChI=1S/C25H28N4O5S2/c30-23(29-32)14-25(10-1-2-12-36(25,33)34)22-9-8-21(35-22)19-6-3-7-20(13-19)28-24(31)17-27-16-18-5-4-11-26-15-18/h3-9,11,13,15,27,32H,1-2,10,12,14,16-17H2,(H,28,31)(H,29,30)/t25-/m0/s1. The maximum Gasteiger partial charge on any atom is 0.245 e. The highest BCUT2D eigenvalue weighted by Gasteiger charge is 2.49. The molecule has 4 N–H and O–H groups in total. The van der Waals surface area contributed by atoms with Gasteiger partial charge in [-0.25, -0.2) is 13.9 Å². The van der Waals surface area contributed by atoms with Gasteiger partial charge in [0.15, 0.2) is 9.84 Å². The maximum absolute atomic E-state index is 13.1. The number of sulfone groups is 1. The molecule has 3 aromatic rings. The van der Waals surface area contributed by atoms with Crippen molar-refractivity contribution in [3.05, 3.63) is 71.4 Å². The lowest BCUT2D eigenvalue weighted by atomic mass is 9.94. The summed E-state index contributed by atoms with van der Waals surface area (Å²) >= 11 is 1.31. The second-order valence-electron chi connectivity index (χ2n) is 8.74. The number of aromatic nitrogens is 1. The van der Waals surface area contributed by atoms with Crippen LogP contribution in [-0.2, 0) is 30.7 Å². The van der Waals surface area contributed by atoms with E-state index in [1.165, 1.54) is 11.3 Å². The van der Waals surface area contributed by atoms with Crippen LogP contribution >= 0.6 is 11.3 Å². The van der Waals surface area contributed by atoms with Gasteiger partial charge < -0.3 is 10.6 Å². The minimum atomic E-state index is -3.59. The number of rotatable bonds is 9. The number of carbonyl (C=O) groups excluding carboxylic acids is 2. The van der Waals surface area contributed by atoms with E-state index in [-0.39, 0.29) is 24.6 Å². The van der Waals surface area contributed by atoms with E-state index in [0.29, 0.717) is 36.4 Å². The number of thiophene rings is 1. The highest BCUT2D eigenvalue weighted by Crippen LogP contribution is 2.47. The fourth-order valence-electron chi connectivity index (χ4n) is 4.43. The first-order chi connectivity index (χ1) is 17.3. The van der Waals surface area contributed by atoms with Crippen LogP contribution in [-0.4, -0.2) is 42.7 Å². The van der Waals surface area contributed by atoms with Crippen molar-refractivity contribution in [1.82, 2.24) is 15.8 Å². The molecule has 2 amide bonds. The molecular formula is C25H28N4O5S2. The van der Waals surface area contributed by atoms with Crippen molar-refractivity contribution in [3.8, 4) is 10.4 Å². The van der Waals surface area contributed by atoms with E-state index in [4.69, 9.17) is 5.21 Å². The summed E-state index contributed by atoms with van der Waals surface area (Å²) in [5, 5.41) is 15.0. The van der Waals surface area contributed by atoms with Crippen LogP contribution in [0.15, 0.2) is 60.9 Å². The lowest BCUT2D eigenvalue weighted by molar-refractivity contribution is -0.130. The van der Waals surface area contributed by atoms with Crippen molar-refractivity contribution < 1.29 is 23.2 Å². The lowest BCUT2D eigenvalue weighted by Crippen LogP contribution is -2.43. The van der Waals surface area contributed by atoms with Crippen LogP contribution in [0.2, 0.25) is 0 Å². The molecule has 36 heavy (non-hydrogen) atoms. The average molecular weight is 529 g/mol. The molecule has 0 saturated carbocycles. The number of benzene rings is 1. The molecule has 1 fully saturated rings. The molecule has 0 unspecified atom stereocenters. The summed E-state index contributed by atoms with van der Waals surface area (Å²) in [6, 6.07) is 14.7. The Kier molecular flexibility index (Phi) is 8.14. The van der Waals surface area contributed by atoms with Crippen molar-refractivity contribution in [2.45, 2.75) is 37.0 Å². The van der Waals surface area contributed by atoms with Gasteiger partial charge in [-0.3, -0.25) is 19.8 Å². The third kappa shape index (κ3) is 5.81. The molecule has 4 rings (SSSR count). The molecule has 190 valence electrons. The molecule has 1 aliphatic rings. The number of nitrogens with one attached hydrogen (secondary N) is 3. The number of amides is 2. The van der Waals surface area contributed by atoms with Crippen LogP contribution in [0.3, 0.4) is 0 Å². The summed E-state index contributed by atoms with van der Waals surface area (Å²) in [4.78, 5) is 29.9. The van der Waals surface area contributed by atoms with E-state index in [2.05, 4.69) is 15.6 Å². The fourth-order valence-corrected chi connectivity index (χ4v) is 8.21. The average Bonchev–Trinajstić information content (AvgIpc) is 3.37. The van der Waals surface area contributed by atoms with Crippen molar-refractivity contribution in [3.63, 3.8) is 0 Å². The van der Waals surface area contributed by atoms with E-state index < -0.39 is 20.5 Å². The van der Waals surface area contributed by atoms with E-state index in [1.54, 1.807) is 30.0 Å². The molecule has 9 nitrogen and oxygen atoms in total. The van der Waals surface area contributed by atoms with Crippen LogP contribution in [0.4, 0.5) is 5.69 Å². The number of nitrogens with zero attached hydrogens (tertiary/aromatic N) is 1. The summed E-state index contributed by atoms with van der Waals surface area (Å²) in [6.07, 6.45) is 4.67. The largest absolute Gasteiger partial charge is 0.325 e. The van der Waals surface area contributed by atoms with Crippen molar-refractivity contribution in [1.29, 1.82) is 0 Å². The van der Waals surface area contributed by atoms with Crippen LogP contribution in [0.25, 0.3) is 10.4 Å². The number of anilines is 1. The van der Waals surface area contributed by atoms with Gasteiger partial charge in [-0.2, -0.15) is 0 Å². The predicted molar refractivity (Wildman–Crippen MR) is 138 cm³/mol. The van der Waals surface area contributed by atoms with Gasteiger partial charge >= 0.3 is 0 Å². The summed E-state index contributed by atoms with van der Waals surface area (Å²) in [6.45, 7) is 0.661. The Labute approximate surface area is 213 Å². The highest BCUT2D eigenvalue weighted by atomic mass is 32.2. The second-order valence-corrected chi connectivity index (χ2v) is 12.2. The smallest absolute Gasteiger partial charge is 0.245 e. The van der Waals surface area contributed by atoms with Gasteiger partial charge in [0.05, 0.1) is 18.7 Å². The zero-order valence-corrected chi connectivity index (χ0v) is 21.2. The highest BCUT2D eigenvalue weighted by molar-refractivity contribution is 7.92. The zero-order valence-electron chi connectivity index (χ0n) is 19.6. The van der Waals surface area contributed by atoms with Crippen LogP contribution in [0.1, 0.15) is 36.1 Å². The fraction of sp³-hybridized carbons (Fsp3) is 0.320. The normalized spacial score (nSPS) is 18.9. The Morgan fingerprint density at radius 2 is 1.94 bits per heavy atom. The van der Waals surface area contributed by atoms with Gasteiger partial charge in [-0.15, -0.1) is 11.3 Å². The van der Waals surface area contributed by atoms with Crippen LogP contribution in [0.5, 0.6) is 0 Å². The monoisotopic (exact) mass is 528 g/mol.